The molecule has 1 aromatic rings. The molecule has 0 atom stereocenters. The number of benzene rings is 1. The van der Waals surface area contributed by atoms with Gasteiger partial charge in [0.1, 0.15) is 5.84 Å². The van der Waals surface area contributed by atoms with Gasteiger partial charge in [-0.25, -0.2) is 0 Å². The lowest BCUT2D eigenvalue weighted by Crippen LogP contribution is -2.53. The molecule has 0 unspecified atom stereocenters. The lowest BCUT2D eigenvalue weighted by Gasteiger charge is -2.44. The number of anilines is 1. The number of morpholine rings is 1. The summed E-state index contributed by atoms with van der Waals surface area (Å²) in [6.45, 7) is 5.37. The zero-order chi connectivity index (χ0) is 15.8. The summed E-state index contributed by atoms with van der Waals surface area (Å²) >= 11 is 0. The Morgan fingerprint density at radius 1 is 1.38 bits per heavy atom. The molecule has 21 heavy (non-hydrogen) atoms. The average Bonchev–Trinajstić information content (AvgIpc) is 2.36. The first kappa shape index (κ1) is 15.6. The fourth-order valence-corrected chi connectivity index (χ4v) is 2.47. The Morgan fingerprint density at radius 3 is 2.57 bits per heavy atom. The van der Waals surface area contributed by atoms with Crippen LogP contribution in [0.1, 0.15) is 25.0 Å². The standard InChI is InChI=1S/C14H18F3N3O/c1-13(2)8-21-6-5-20(13)11-4-3-9(14(15,16)17)7-10(11)12(18)19/h3-4,7H,5-6,8H2,1-2H3,(H3,18,19). The molecule has 3 N–H and O–H groups in total. The fraction of sp³-hybridized carbons (Fsp3) is 0.500. The third kappa shape index (κ3) is 3.12. The fourth-order valence-electron chi connectivity index (χ4n) is 2.47. The summed E-state index contributed by atoms with van der Waals surface area (Å²) in [5.41, 5.74) is 4.93. The number of ether oxygens (including phenoxy) is 1. The van der Waals surface area contributed by atoms with E-state index < -0.39 is 11.7 Å². The number of alkyl halides is 3. The van der Waals surface area contributed by atoms with Gasteiger partial charge in [-0.2, -0.15) is 13.2 Å². The van der Waals surface area contributed by atoms with E-state index >= 15 is 0 Å². The van der Waals surface area contributed by atoms with Crippen LogP contribution in [-0.4, -0.2) is 31.1 Å². The molecule has 0 aliphatic carbocycles. The molecule has 0 amide bonds. The van der Waals surface area contributed by atoms with Crippen molar-refractivity contribution < 1.29 is 17.9 Å². The van der Waals surface area contributed by atoms with Crippen molar-refractivity contribution in [1.82, 2.24) is 0 Å². The van der Waals surface area contributed by atoms with E-state index in [1.807, 2.05) is 18.7 Å². The van der Waals surface area contributed by atoms with E-state index in [4.69, 9.17) is 15.9 Å². The second kappa shape index (κ2) is 5.22. The molecule has 1 fully saturated rings. The molecule has 1 saturated heterocycles. The summed E-state index contributed by atoms with van der Waals surface area (Å²) in [5.74, 6) is -0.376. The second-order valence-electron chi connectivity index (χ2n) is 5.66. The van der Waals surface area contributed by atoms with Gasteiger partial charge in [0.2, 0.25) is 0 Å². The minimum atomic E-state index is -4.46. The van der Waals surface area contributed by atoms with E-state index in [0.29, 0.717) is 25.4 Å². The second-order valence-corrected chi connectivity index (χ2v) is 5.66. The van der Waals surface area contributed by atoms with Gasteiger partial charge in [0.25, 0.3) is 0 Å². The first-order chi connectivity index (χ1) is 9.63. The van der Waals surface area contributed by atoms with Crippen LogP contribution in [0, 0.1) is 5.41 Å². The largest absolute Gasteiger partial charge is 0.416 e. The van der Waals surface area contributed by atoms with Gasteiger partial charge in [-0.15, -0.1) is 0 Å². The van der Waals surface area contributed by atoms with Crippen LogP contribution in [-0.2, 0) is 10.9 Å². The minimum absolute atomic E-state index is 0.0970. The molecule has 0 saturated carbocycles. The van der Waals surface area contributed by atoms with Gasteiger partial charge in [0, 0.05) is 17.8 Å². The van der Waals surface area contributed by atoms with Crippen molar-refractivity contribution >= 4 is 11.5 Å². The summed E-state index contributed by atoms with van der Waals surface area (Å²) in [4.78, 5) is 1.94. The van der Waals surface area contributed by atoms with Gasteiger partial charge < -0.3 is 15.4 Å². The van der Waals surface area contributed by atoms with Gasteiger partial charge in [-0.05, 0) is 32.0 Å². The van der Waals surface area contributed by atoms with Crippen molar-refractivity contribution in [2.45, 2.75) is 25.6 Å². The van der Waals surface area contributed by atoms with Crippen LogP contribution in [0.4, 0.5) is 18.9 Å². The maximum atomic E-state index is 12.8. The Labute approximate surface area is 121 Å². The molecule has 1 aliphatic rings. The number of hydrogen-bond donors (Lipinski definition) is 2. The van der Waals surface area contributed by atoms with Crippen LogP contribution in [0.25, 0.3) is 0 Å². The molecule has 4 nitrogen and oxygen atoms in total. The monoisotopic (exact) mass is 301 g/mol. The lowest BCUT2D eigenvalue weighted by atomic mass is 9.98. The van der Waals surface area contributed by atoms with Crippen molar-refractivity contribution in [3.63, 3.8) is 0 Å². The molecule has 1 aliphatic heterocycles. The van der Waals surface area contributed by atoms with Crippen molar-refractivity contribution in [2.24, 2.45) is 5.73 Å². The predicted molar refractivity (Wildman–Crippen MR) is 74.7 cm³/mol. The minimum Gasteiger partial charge on any atom is -0.384 e. The number of nitrogen functional groups attached to an aromatic ring is 1. The van der Waals surface area contributed by atoms with Crippen LogP contribution in [0.2, 0.25) is 0 Å². The highest BCUT2D eigenvalue weighted by atomic mass is 19.4. The molecule has 0 bridgehead atoms. The van der Waals surface area contributed by atoms with Crippen molar-refractivity contribution in [1.29, 1.82) is 5.41 Å². The Balaban J connectivity index is 2.51. The average molecular weight is 301 g/mol. The summed E-state index contributed by atoms with van der Waals surface area (Å²) in [6, 6.07) is 3.34. The molecule has 1 heterocycles. The van der Waals surface area contributed by atoms with E-state index in [1.165, 1.54) is 6.07 Å². The number of halogens is 3. The SMILES string of the molecule is CC1(C)COCCN1c1ccc(C(F)(F)F)cc1C(=N)N. The van der Waals surface area contributed by atoms with E-state index in [9.17, 15) is 13.2 Å². The van der Waals surface area contributed by atoms with Gasteiger partial charge in [0.05, 0.1) is 24.3 Å². The predicted octanol–water partition coefficient (Wildman–Crippen LogP) is 2.60. The van der Waals surface area contributed by atoms with Gasteiger partial charge in [0.15, 0.2) is 0 Å². The van der Waals surface area contributed by atoms with Crippen molar-refractivity contribution in [2.75, 3.05) is 24.7 Å². The number of amidine groups is 1. The van der Waals surface area contributed by atoms with E-state index in [2.05, 4.69) is 0 Å². The molecular formula is C14H18F3N3O. The molecule has 0 radical (unpaired) electrons. The Kier molecular flexibility index (Phi) is 3.88. The number of hydrogen-bond acceptors (Lipinski definition) is 3. The van der Waals surface area contributed by atoms with E-state index in [0.717, 1.165) is 12.1 Å². The molecule has 116 valence electrons. The normalized spacial score (nSPS) is 18.6. The smallest absolute Gasteiger partial charge is 0.384 e. The maximum absolute atomic E-state index is 12.8. The first-order valence-electron chi connectivity index (χ1n) is 6.54. The van der Waals surface area contributed by atoms with E-state index in [1.54, 1.807) is 0 Å². The maximum Gasteiger partial charge on any atom is 0.416 e. The quantitative estimate of drug-likeness (QED) is 0.652. The highest BCUT2D eigenvalue weighted by molar-refractivity contribution is 6.00. The molecular weight excluding hydrogens is 283 g/mol. The summed E-state index contributed by atoms with van der Waals surface area (Å²) in [5, 5.41) is 7.58. The van der Waals surface area contributed by atoms with Crippen LogP contribution < -0.4 is 10.6 Å². The summed E-state index contributed by atoms with van der Waals surface area (Å²) < 4.78 is 43.8. The molecule has 2 rings (SSSR count). The first-order valence-corrected chi connectivity index (χ1v) is 6.54. The van der Waals surface area contributed by atoms with Gasteiger partial charge in [-0.1, -0.05) is 0 Å². The Hall–Kier alpha value is -1.76. The molecule has 0 aromatic heterocycles. The van der Waals surface area contributed by atoms with Gasteiger partial charge >= 0.3 is 6.18 Å². The highest BCUT2D eigenvalue weighted by Crippen LogP contribution is 2.35. The van der Waals surface area contributed by atoms with Crippen molar-refractivity contribution in [3.8, 4) is 0 Å². The number of nitrogens with zero attached hydrogens (tertiary/aromatic N) is 1. The van der Waals surface area contributed by atoms with E-state index in [-0.39, 0.29) is 16.9 Å². The zero-order valence-corrected chi connectivity index (χ0v) is 11.9. The molecule has 1 aromatic carbocycles. The van der Waals surface area contributed by atoms with Crippen LogP contribution in [0.15, 0.2) is 18.2 Å². The Bertz CT molecular complexity index is 555. The summed E-state index contributed by atoms with van der Waals surface area (Å²) in [7, 11) is 0. The van der Waals surface area contributed by atoms with Crippen molar-refractivity contribution in [3.05, 3.63) is 29.3 Å². The molecule has 7 heteroatoms. The third-order valence-electron chi connectivity index (χ3n) is 3.55. The summed E-state index contributed by atoms with van der Waals surface area (Å²) in [6.07, 6.45) is -4.46. The number of nitrogens with one attached hydrogen (secondary N) is 1. The lowest BCUT2D eigenvalue weighted by molar-refractivity contribution is -0.137. The number of nitrogens with two attached hydrogens (primary N) is 1. The molecule has 0 spiro atoms. The Morgan fingerprint density at radius 2 is 2.05 bits per heavy atom. The van der Waals surface area contributed by atoms with Crippen LogP contribution in [0.3, 0.4) is 0 Å². The number of rotatable bonds is 2. The zero-order valence-electron chi connectivity index (χ0n) is 11.9. The van der Waals surface area contributed by atoms with Crippen LogP contribution >= 0.6 is 0 Å². The van der Waals surface area contributed by atoms with Gasteiger partial charge in [-0.3, -0.25) is 5.41 Å². The third-order valence-corrected chi connectivity index (χ3v) is 3.55. The topological polar surface area (TPSA) is 62.3 Å². The van der Waals surface area contributed by atoms with Crippen LogP contribution in [0.5, 0.6) is 0 Å². The highest BCUT2D eigenvalue weighted by Gasteiger charge is 2.35.